The van der Waals surface area contributed by atoms with Crippen molar-refractivity contribution in [3.05, 3.63) is 4.91 Å². The van der Waals surface area contributed by atoms with Crippen molar-refractivity contribution < 1.29 is 9.88 Å². The van der Waals surface area contributed by atoms with E-state index >= 15 is 0 Å². The van der Waals surface area contributed by atoms with Gasteiger partial charge in [0.25, 0.3) is 0 Å². The number of hydrogen-bond donors (Lipinski definition) is 0. The second-order valence-corrected chi connectivity index (χ2v) is 1.29. The summed E-state index contributed by atoms with van der Waals surface area (Å²) in [6.07, 6.45) is -0.113. The SMILES string of the molecule is CC(C)OON=O. The second-order valence-electron chi connectivity index (χ2n) is 1.29. The van der Waals surface area contributed by atoms with Gasteiger partial charge in [-0.15, -0.1) is 4.91 Å². The maximum atomic E-state index is 9.11. The Kier molecular flexibility index (Phi) is 3.22. The Hall–Kier alpha value is -0.640. The number of rotatable bonds is 3. The normalized spacial score (nSPS) is 9.00. The summed E-state index contributed by atoms with van der Waals surface area (Å²) in [7, 11) is 0. The molecule has 0 unspecified atom stereocenters. The molecule has 0 atom stereocenters. The van der Waals surface area contributed by atoms with Crippen molar-refractivity contribution in [2.24, 2.45) is 5.34 Å². The largest absolute Gasteiger partial charge is 0.190 e. The first-order valence-electron chi connectivity index (χ1n) is 1.92. The standard InChI is InChI=1S/C3H7NO3/c1-3(2)6-7-4-5/h3H,1-2H3. The molecule has 0 radical (unpaired) electrons. The fourth-order valence-corrected chi connectivity index (χ4v) is 0.104. The second kappa shape index (κ2) is 3.55. The predicted molar refractivity (Wildman–Crippen MR) is 23.1 cm³/mol. The first-order valence-corrected chi connectivity index (χ1v) is 1.92. The van der Waals surface area contributed by atoms with Crippen molar-refractivity contribution in [2.45, 2.75) is 20.0 Å². The van der Waals surface area contributed by atoms with Crippen molar-refractivity contribution >= 4 is 0 Å². The summed E-state index contributed by atoms with van der Waals surface area (Å²) in [6, 6.07) is 0. The van der Waals surface area contributed by atoms with Gasteiger partial charge in [-0.05, 0) is 13.8 Å². The van der Waals surface area contributed by atoms with E-state index in [2.05, 4.69) is 9.88 Å². The average Bonchev–Trinajstić information content (AvgIpc) is 1.61. The molecule has 0 spiro atoms. The first-order chi connectivity index (χ1) is 3.27. The Balaban J connectivity index is 2.81. The van der Waals surface area contributed by atoms with Gasteiger partial charge in [0, 0.05) is 0 Å². The third kappa shape index (κ3) is 5.36. The van der Waals surface area contributed by atoms with Gasteiger partial charge < -0.3 is 0 Å². The molecule has 0 aromatic rings. The highest BCUT2D eigenvalue weighted by Crippen LogP contribution is 1.86. The molecule has 42 valence electrons. The Labute approximate surface area is 41.3 Å². The highest BCUT2D eigenvalue weighted by Gasteiger charge is 1.90. The van der Waals surface area contributed by atoms with Crippen molar-refractivity contribution in [3.8, 4) is 0 Å². The molecule has 0 saturated heterocycles. The number of nitrogens with zero attached hydrogens (tertiary/aromatic N) is 1. The van der Waals surface area contributed by atoms with Crippen LogP contribution in [-0.4, -0.2) is 6.10 Å². The lowest BCUT2D eigenvalue weighted by Gasteiger charge is -1.95. The van der Waals surface area contributed by atoms with Crippen LogP contribution in [0.1, 0.15) is 13.8 Å². The van der Waals surface area contributed by atoms with Crippen LogP contribution in [0.3, 0.4) is 0 Å². The van der Waals surface area contributed by atoms with Crippen molar-refractivity contribution in [1.82, 2.24) is 0 Å². The minimum Gasteiger partial charge on any atom is -0.181 e. The molecule has 0 rings (SSSR count). The van der Waals surface area contributed by atoms with Crippen LogP contribution in [0.25, 0.3) is 0 Å². The fourth-order valence-electron chi connectivity index (χ4n) is 0.104. The van der Waals surface area contributed by atoms with E-state index in [9.17, 15) is 0 Å². The first kappa shape index (κ1) is 6.36. The van der Waals surface area contributed by atoms with E-state index in [1.54, 1.807) is 13.8 Å². The lowest BCUT2D eigenvalue weighted by atomic mass is 10.5. The van der Waals surface area contributed by atoms with Crippen LogP contribution < -0.4 is 0 Å². The third-order valence-electron chi connectivity index (χ3n) is 0.266. The van der Waals surface area contributed by atoms with Crippen LogP contribution in [0.4, 0.5) is 0 Å². The van der Waals surface area contributed by atoms with Crippen molar-refractivity contribution in [1.29, 1.82) is 0 Å². The van der Waals surface area contributed by atoms with Gasteiger partial charge in [0.2, 0.25) is 0 Å². The Morgan fingerprint density at radius 3 is 2.29 bits per heavy atom. The minimum atomic E-state index is -0.113. The molecule has 0 bridgehead atoms. The van der Waals surface area contributed by atoms with Crippen LogP contribution in [0.2, 0.25) is 0 Å². The molecule has 0 aliphatic heterocycles. The zero-order valence-electron chi connectivity index (χ0n) is 4.25. The molecule has 0 amide bonds. The minimum absolute atomic E-state index is 0.113. The van der Waals surface area contributed by atoms with Crippen LogP contribution >= 0.6 is 0 Å². The summed E-state index contributed by atoms with van der Waals surface area (Å²) in [6.45, 7) is 3.45. The van der Waals surface area contributed by atoms with Crippen LogP contribution in [-0.2, 0) is 9.88 Å². The summed E-state index contributed by atoms with van der Waals surface area (Å²) in [5.74, 6) is 0. The molecular weight excluding hydrogens is 98.0 g/mol. The summed E-state index contributed by atoms with van der Waals surface area (Å²) in [5.41, 5.74) is 0. The van der Waals surface area contributed by atoms with E-state index in [-0.39, 0.29) is 6.10 Å². The van der Waals surface area contributed by atoms with E-state index in [0.29, 0.717) is 0 Å². The predicted octanol–water partition coefficient (Wildman–Crippen LogP) is 1.02. The zero-order valence-corrected chi connectivity index (χ0v) is 4.25. The maximum Gasteiger partial charge on any atom is 0.190 e. The van der Waals surface area contributed by atoms with Gasteiger partial charge in [-0.3, -0.25) is 0 Å². The molecule has 0 aromatic carbocycles. The van der Waals surface area contributed by atoms with Crippen LogP contribution in [0, 0.1) is 4.91 Å². The molecule has 0 aliphatic rings. The van der Waals surface area contributed by atoms with Crippen molar-refractivity contribution in [2.75, 3.05) is 0 Å². The molecule has 0 saturated carbocycles. The van der Waals surface area contributed by atoms with E-state index in [4.69, 9.17) is 4.91 Å². The number of hydrogen-bond acceptors (Lipinski definition) is 4. The van der Waals surface area contributed by atoms with E-state index in [1.807, 2.05) is 5.34 Å². The fraction of sp³-hybridized carbons (Fsp3) is 1.00. The lowest BCUT2D eigenvalue weighted by Crippen LogP contribution is -1.98. The molecule has 0 fully saturated rings. The Morgan fingerprint density at radius 1 is 1.57 bits per heavy atom. The molecule has 0 aliphatic carbocycles. The topological polar surface area (TPSA) is 47.9 Å². The molecule has 4 heteroatoms. The molecule has 7 heavy (non-hydrogen) atoms. The summed E-state index contributed by atoms with van der Waals surface area (Å²) < 4.78 is 0. The Morgan fingerprint density at radius 2 is 2.14 bits per heavy atom. The van der Waals surface area contributed by atoms with Gasteiger partial charge in [0.1, 0.15) is 6.10 Å². The van der Waals surface area contributed by atoms with E-state index < -0.39 is 0 Å². The van der Waals surface area contributed by atoms with Crippen LogP contribution in [0.15, 0.2) is 5.34 Å². The molecule has 4 nitrogen and oxygen atoms in total. The quantitative estimate of drug-likeness (QED) is 0.306. The molecular formula is C3H7NO3. The average molecular weight is 105 g/mol. The molecule has 0 aromatic heterocycles. The monoisotopic (exact) mass is 105 g/mol. The van der Waals surface area contributed by atoms with Crippen LogP contribution in [0.5, 0.6) is 0 Å². The Bertz CT molecular complexity index is 54.1. The van der Waals surface area contributed by atoms with Gasteiger partial charge in [-0.1, -0.05) is 0 Å². The summed E-state index contributed by atoms with van der Waals surface area (Å²) in [5, 5.41) is 2.00. The third-order valence-corrected chi connectivity index (χ3v) is 0.266. The van der Waals surface area contributed by atoms with Gasteiger partial charge in [-0.2, -0.15) is 9.88 Å². The summed E-state index contributed by atoms with van der Waals surface area (Å²) in [4.78, 5) is 17.0. The molecule has 0 heterocycles. The van der Waals surface area contributed by atoms with Crippen molar-refractivity contribution in [3.63, 3.8) is 0 Å². The highest BCUT2D eigenvalue weighted by atomic mass is 17.3. The lowest BCUT2D eigenvalue weighted by molar-refractivity contribution is -0.319. The van der Waals surface area contributed by atoms with Gasteiger partial charge in [-0.25, -0.2) is 0 Å². The maximum absolute atomic E-state index is 9.11. The summed E-state index contributed by atoms with van der Waals surface area (Å²) >= 11 is 0. The highest BCUT2D eigenvalue weighted by molar-refractivity contribution is 4.25. The smallest absolute Gasteiger partial charge is 0.181 e. The van der Waals surface area contributed by atoms with Gasteiger partial charge in [0.15, 0.2) is 5.34 Å². The van der Waals surface area contributed by atoms with Gasteiger partial charge >= 0.3 is 0 Å². The van der Waals surface area contributed by atoms with Gasteiger partial charge in [0.05, 0.1) is 0 Å². The zero-order chi connectivity index (χ0) is 5.70. The molecule has 0 N–H and O–H groups in total. The van der Waals surface area contributed by atoms with E-state index in [0.717, 1.165) is 0 Å². The van der Waals surface area contributed by atoms with E-state index in [1.165, 1.54) is 0 Å².